The SMILES string of the molecule is C=O.CCCCCCCCCCCCCCCCCC(=O)O.I.N. The van der Waals surface area contributed by atoms with Crippen molar-refractivity contribution in [3.8, 4) is 0 Å². The third-order valence-corrected chi connectivity index (χ3v) is 3.99. The summed E-state index contributed by atoms with van der Waals surface area (Å²) in [5.74, 6) is -0.653. The predicted octanol–water partition coefficient (Wildman–Crippen LogP) is 6.93. The molecule has 4 N–H and O–H groups in total. The number of carboxylic acid groups (broad SMARTS) is 1. The molecule has 0 fully saturated rings. The normalized spacial score (nSPS) is 9.21. The highest BCUT2D eigenvalue weighted by molar-refractivity contribution is 14.0. The minimum Gasteiger partial charge on any atom is -0.481 e. The average molecular weight is 459 g/mol. The molecule has 0 aromatic heterocycles. The van der Waals surface area contributed by atoms with Crippen LogP contribution in [0.5, 0.6) is 0 Å². The molecular weight excluding hydrogens is 417 g/mol. The molecular formula is C19H42INO3. The first-order chi connectivity index (χ1) is 10.8. The summed E-state index contributed by atoms with van der Waals surface area (Å²) < 4.78 is 0. The van der Waals surface area contributed by atoms with Gasteiger partial charge in [-0.05, 0) is 6.42 Å². The lowest BCUT2D eigenvalue weighted by Gasteiger charge is -2.03. The number of carboxylic acids is 1. The molecule has 0 spiro atoms. The topological polar surface area (TPSA) is 89.4 Å². The van der Waals surface area contributed by atoms with Crippen molar-refractivity contribution in [3.63, 3.8) is 0 Å². The number of rotatable bonds is 16. The van der Waals surface area contributed by atoms with E-state index in [-0.39, 0.29) is 30.1 Å². The van der Waals surface area contributed by atoms with Crippen molar-refractivity contribution in [2.24, 2.45) is 0 Å². The minimum atomic E-state index is -0.653. The first kappa shape index (κ1) is 31.6. The van der Waals surface area contributed by atoms with E-state index in [0.717, 1.165) is 12.8 Å². The van der Waals surface area contributed by atoms with E-state index in [1.54, 1.807) is 0 Å². The third kappa shape index (κ3) is 33.4. The van der Waals surface area contributed by atoms with Crippen LogP contribution in [-0.2, 0) is 9.59 Å². The summed E-state index contributed by atoms with van der Waals surface area (Å²) in [4.78, 5) is 18.3. The van der Waals surface area contributed by atoms with Gasteiger partial charge in [-0.2, -0.15) is 0 Å². The Hall–Kier alpha value is -0.170. The number of carbonyl (C=O) groups is 2. The van der Waals surface area contributed by atoms with E-state index >= 15 is 0 Å². The molecule has 0 amide bonds. The largest absolute Gasteiger partial charge is 0.481 e. The molecule has 0 aliphatic heterocycles. The van der Waals surface area contributed by atoms with Gasteiger partial charge in [0.25, 0.3) is 0 Å². The van der Waals surface area contributed by atoms with Crippen LogP contribution in [0.2, 0.25) is 0 Å². The lowest BCUT2D eigenvalue weighted by molar-refractivity contribution is -0.137. The molecule has 0 aromatic carbocycles. The summed E-state index contributed by atoms with van der Waals surface area (Å²) in [5.41, 5.74) is 0. The van der Waals surface area contributed by atoms with Crippen LogP contribution in [0.1, 0.15) is 110 Å². The molecule has 0 heterocycles. The van der Waals surface area contributed by atoms with Crippen LogP contribution in [0.3, 0.4) is 0 Å². The monoisotopic (exact) mass is 459 g/mol. The van der Waals surface area contributed by atoms with Crippen molar-refractivity contribution < 1.29 is 14.7 Å². The van der Waals surface area contributed by atoms with Gasteiger partial charge in [0.05, 0.1) is 0 Å². The van der Waals surface area contributed by atoms with Gasteiger partial charge in [0, 0.05) is 6.42 Å². The zero-order chi connectivity index (χ0) is 16.9. The lowest BCUT2D eigenvalue weighted by Crippen LogP contribution is -1.93. The molecule has 0 radical (unpaired) electrons. The van der Waals surface area contributed by atoms with Crippen molar-refractivity contribution in [1.82, 2.24) is 6.15 Å². The Labute approximate surface area is 167 Å². The molecule has 24 heavy (non-hydrogen) atoms. The second kappa shape index (κ2) is 30.7. The van der Waals surface area contributed by atoms with E-state index < -0.39 is 5.97 Å². The van der Waals surface area contributed by atoms with Crippen molar-refractivity contribution in [2.75, 3.05) is 0 Å². The van der Waals surface area contributed by atoms with Gasteiger partial charge < -0.3 is 16.1 Å². The Morgan fingerprint density at radius 2 is 0.917 bits per heavy atom. The standard InChI is InChI=1S/C18H36O2.CH2O.HI.H3N/c1-2-3-4-5-6-7-8-9-10-11-12-13-14-15-16-17-18(19)20;1-2;;/h2-17H2,1H3,(H,19,20);1H2;1H;1H3. The van der Waals surface area contributed by atoms with E-state index in [9.17, 15) is 4.79 Å². The number of unbranched alkanes of at least 4 members (excludes halogenated alkanes) is 14. The van der Waals surface area contributed by atoms with Gasteiger partial charge in [-0.15, -0.1) is 24.0 Å². The third-order valence-electron chi connectivity index (χ3n) is 3.99. The molecule has 0 rings (SSSR count). The Balaban J connectivity index is -0.000000480. The highest BCUT2D eigenvalue weighted by Gasteiger charge is 1.97. The van der Waals surface area contributed by atoms with Crippen LogP contribution < -0.4 is 6.15 Å². The molecule has 0 unspecified atom stereocenters. The summed E-state index contributed by atoms with van der Waals surface area (Å²) in [6.45, 7) is 4.27. The van der Waals surface area contributed by atoms with Crippen LogP contribution in [0.25, 0.3) is 0 Å². The van der Waals surface area contributed by atoms with E-state index in [2.05, 4.69) is 6.92 Å². The zero-order valence-electron chi connectivity index (χ0n) is 15.9. The predicted molar refractivity (Wildman–Crippen MR) is 115 cm³/mol. The number of halogens is 1. The number of hydrogen-bond donors (Lipinski definition) is 2. The van der Waals surface area contributed by atoms with Crippen molar-refractivity contribution >= 4 is 36.7 Å². The lowest BCUT2D eigenvalue weighted by atomic mass is 10.0. The first-order valence-electron chi connectivity index (χ1n) is 9.28. The first-order valence-corrected chi connectivity index (χ1v) is 9.28. The van der Waals surface area contributed by atoms with Gasteiger partial charge in [-0.1, -0.05) is 96.8 Å². The fourth-order valence-corrected chi connectivity index (χ4v) is 2.65. The molecule has 4 nitrogen and oxygen atoms in total. The Kier molecular flexibility index (Phi) is 40.4. The summed E-state index contributed by atoms with van der Waals surface area (Å²) in [5, 5.41) is 8.52. The van der Waals surface area contributed by atoms with Crippen LogP contribution in [-0.4, -0.2) is 17.9 Å². The maximum atomic E-state index is 10.3. The highest BCUT2D eigenvalue weighted by atomic mass is 127. The second-order valence-corrected chi connectivity index (χ2v) is 6.09. The molecule has 148 valence electrons. The highest BCUT2D eigenvalue weighted by Crippen LogP contribution is 2.13. The van der Waals surface area contributed by atoms with Gasteiger partial charge in [0.2, 0.25) is 0 Å². The van der Waals surface area contributed by atoms with Gasteiger partial charge in [-0.3, -0.25) is 4.79 Å². The van der Waals surface area contributed by atoms with Gasteiger partial charge in [0.15, 0.2) is 0 Å². The fraction of sp³-hybridized carbons (Fsp3) is 0.895. The quantitative estimate of drug-likeness (QED) is 0.193. The Morgan fingerprint density at radius 1 is 0.667 bits per heavy atom. The molecule has 0 atom stereocenters. The zero-order valence-corrected chi connectivity index (χ0v) is 18.2. The van der Waals surface area contributed by atoms with Crippen LogP contribution in [0.15, 0.2) is 0 Å². The van der Waals surface area contributed by atoms with Gasteiger partial charge in [0.1, 0.15) is 6.79 Å². The van der Waals surface area contributed by atoms with Crippen LogP contribution >= 0.6 is 24.0 Å². The maximum absolute atomic E-state index is 10.3. The van der Waals surface area contributed by atoms with Gasteiger partial charge in [-0.25, -0.2) is 0 Å². The van der Waals surface area contributed by atoms with Crippen molar-refractivity contribution in [1.29, 1.82) is 0 Å². The minimum absolute atomic E-state index is 0. The van der Waals surface area contributed by atoms with Gasteiger partial charge >= 0.3 is 5.97 Å². The molecule has 0 saturated carbocycles. The van der Waals surface area contributed by atoms with E-state index in [1.165, 1.54) is 83.5 Å². The maximum Gasteiger partial charge on any atom is 0.303 e. The summed E-state index contributed by atoms with van der Waals surface area (Å²) in [6, 6.07) is 0. The number of hydrogen-bond acceptors (Lipinski definition) is 3. The molecule has 5 heteroatoms. The molecule has 0 aliphatic carbocycles. The van der Waals surface area contributed by atoms with Crippen LogP contribution in [0.4, 0.5) is 0 Å². The van der Waals surface area contributed by atoms with E-state index in [1.807, 2.05) is 6.79 Å². The molecule has 0 aliphatic rings. The Morgan fingerprint density at radius 3 is 1.17 bits per heavy atom. The Bertz CT molecular complexity index is 229. The number of aliphatic carboxylic acids is 1. The van der Waals surface area contributed by atoms with Crippen molar-refractivity contribution in [2.45, 2.75) is 110 Å². The van der Waals surface area contributed by atoms with Crippen molar-refractivity contribution in [3.05, 3.63) is 0 Å². The summed E-state index contributed by atoms with van der Waals surface area (Å²) in [7, 11) is 0. The average Bonchev–Trinajstić information content (AvgIpc) is 2.53. The molecule has 0 aromatic rings. The molecule has 0 bridgehead atoms. The van der Waals surface area contributed by atoms with E-state index in [0.29, 0.717) is 6.42 Å². The second-order valence-electron chi connectivity index (χ2n) is 6.09. The number of carbonyl (C=O) groups excluding carboxylic acids is 1. The fourth-order valence-electron chi connectivity index (χ4n) is 2.65. The molecule has 0 saturated heterocycles. The van der Waals surface area contributed by atoms with Crippen LogP contribution in [0, 0.1) is 0 Å². The van der Waals surface area contributed by atoms with E-state index in [4.69, 9.17) is 9.90 Å². The summed E-state index contributed by atoms with van der Waals surface area (Å²) >= 11 is 0. The summed E-state index contributed by atoms with van der Waals surface area (Å²) in [6.07, 6.45) is 20.2. The smallest absolute Gasteiger partial charge is 0.303 e.